The number of sulfone groups is 1. The summed E-state index contributed by atoms with van der Waals surface area (Å²) in [6, 6.07) is 8.39. The summed E-state index contributed by atoms with van der Waals surface area (Å²) in [5.41, 5.74) is -0.776. The molecular weight excluding hydrogens is 240 g/mol. The molecule has 94 valence electrons. The molecule has 0 bridgehead atoms. The minimum Gasteiger partial charge on any atom is -0.353 e. The summed E-state index contributed by atoms with van der Waals surface area (Å²) in [5.74, 6) is 0. The van der Waals surface area contributed by atoms with Crippen LogP contribution in [0.2, 0.25) is 0 Å². The number of benzene rings is 1. The van der Waals surface area contributed by atoms with Crippen molar-refractivity contribution >= 4 is 9.84 Å². The first-order chi connectivity index (χ1) is 8.14. The molecule has 1 aliphatic heterocycles. The molecule has 17 heavy (non-hydrogen) atoms. The zero-order valence-electron chi connectivity index (χ0n) is 9.70. The van der Waals surface area contributed by atoms with E-state index in [4.69, 9.17) is 9.47 Å². The molecule has 2 unspecified atom stereocenters. The summed E-state index contributed by atoms with van der Waals surface area (Å²) in [5, 5.41) is 0. The third-order valence-corrected chi connectivity index (χ3v) is 4.68. The highest BCUT2D eigenvalue weighted by atomic mass is 32.2. The lowest BCUT2D eigenvalue weighted by atomic mass is 10.4. The van der Waals surface area contributed by atoms with Crippen molar-refractivity contribution in [2.24, 2.45) is 0 Å². The second-order valence-corrected chi connectivity index (χ2v) is 5.97. The smallest absolute Gasteiger partial charge is 0.205 e. The van der Waals surface area contributed by atoms with Crippen molar-refractivity contribution in [3.63, 3.8) is 0 Å². The molecule has 1 aromatic carbocycles. The minimum absolute atomic E-state index is 0.308. The van der Waals surface area contributed by atoms with Gasteiger partial charge in [-0.15, -0.1) is 0 Å². The summed E-state index contributed by atoms with van der Waals surface area (Å²) in [6.07, 6.45) is 0.732. The molecule has 0 aromatic heterocycles. The standard InChI is InChI=1S/C12H16O4S/c1-2-15-11-8-9-12(16-11)17(13,14)10-6-4-3-5-7-10/h3-7,11-12H,2,8-9H2,1H3. The van der Waals surface area contributed by atoms with Crippen molar-refractivity contribution < 1.29 is 17.9 Å². The van der Waals surface area contributed by atoms with Gasteiger partial charge in [0.05, 0.1) is 4.90 Å². The normalized spacial score (nSPS) is 25.0. The number of hydrogen-bond donors (Lipinski definition) is 0. The van der Waals surface area contributed by atoms with E-state index in [1.165, 1.54) is 0 Å². The van der Waals surface area contributed by atoms with Crippen LogP contribution in [0, 0.1) is 0 Å². The average Bonchev–Trinajstić information content (AvgIpc) is 2.80. The molecule has 2 rings (SSSR count). The topological polar surface area (TPSA) is 52.6 Å². The zero-order valence-corrected chi connectivity index (χ0v) is 10.5. The molecule has 0 saturated carbocycles. The van der Waals surface area contributed by atoms with Gasteiger partial charge in [-0.3, -0.25) is 0 Å². The number of ether oxygens (including phenoxy) is 2. The van der Waals surface area contributed by atoms with Crippen LogP contribution in [0.1, 0.15) is 19.8 Å². The highest BCUT2D eigenvalue weighted by molar-refractivity contribution is 7.92. The summed E-state index contributed by atoms with van der Waals surface area (Å²) in [6.45, 7) is 2.39. The Morgan fingerprint density at radius 3 is 2.65 bits per heavy atom. The molecule has 1 heterocycles. The Kier molecular flexibility index (Phi) is 3.81. The van der Waals surface area contributed by atoms with Gasteiger partial charge in [0.1, 0.15) is 0 Å². The van der Waals surface area contributed by atoms with Crippen LogP contribution < -0.4 is 0 Å². The van der Waals surface area contributed by atoms with Gasteiger partial charge in [-0.05, 0) is 25.5 Å². The van der Waals surface area contributed by atoms with E-state index >= 15 is 0 Å². The van der Waals surface area contributed by atoms with Gasteiger partial charge < -0.3 is 9.47 Å². The highest BCUT2D eigenvalue weighted by Gasteiger charge is 2.36. The van der Waals surface area contributed by atoms with Gasteiger partial charge >= 0.3 is 0 Å². The monoisotopic (exact) mass is 256 g/mol. The van der Waals surface area contributed by atoms with E-state index in [-0.39, 0.29) is 6.29 Å². The van der Waals surface area contributed by atoms with E-state index in [0.717, 1.165) is 0 Å². The molecule has 1 saturated heterocycles. The molecule has 5 heteroatoms. The Hall–Kier alpha value is -0.910. The van der Waals surface area contributed by atoms with Crippen LogP contribution in [0.25, 0.3) is 0 Å². The molecule has 1 aromatic rings. The molecule has 0 radical (unpaired) electrons. The van der Waals surface area contributed by atoms with Gasteiger partial charge in [-0.1, -0.05) is 18.2 Å². The summed E-state index contributed by atoms with van der Waals surface area (Å²) < 4.78 is 35.1. The van der Waals surface area contributed by atoms with E-state index in [1.54, 1.807) is 30.3 Å². The summed E-state index contributed by atoms with van der Waals surface area (Å²) in [4.78, 5) is 0.308. The Labute approximate surface area is 101 Å². The lowest BCUT2D eigenvalue weighted by molar-refractivity contribution is -0.114. The molecule has 0 N–H and O–H groups in total. The van der Waals surface area contributed by atoms with E-state index in [9.17, 15) is 8.42 Å². The second-order valence-electron chi connectivity index (χ2n) is 3.89. The second kappa shape index (κ2) is 5.16. The van der Waals surface area contributed by atoms with Crippen LogP contribution in [0.5, 0.6) is 0 Å². The van der Waals surface area contributed by atoms with E-state index in [0.29, 0.717) is 24.3 Å². The molecule has 0 aliphatic carbocycles. The third-order valence-electron chi connectivity index (χ3n) is 2.71. The van der Waals surface area contributed by atoms with Crippen LogP contribution in [-0.2, 0) is 19.3 Å². The van der Waals surface area contributed by atoms with Gasteiger partial charge in [0.2, 0.25) is 9.84 Å². The molecule has 0 amide bonds. The van der Waals surface area contributed by atoms with Gasteiger partial charge in [-0.2, -0.15) is 0 Å². The number of rotatable bonds is 4. The average molecular weight is 256 g/mol. The Bertz CT molecular complexity index is 455. The first kappa shape index (κ1) is 12.5. The van der Waals surface area contributed by atoms with Crippen molar-refractivity contribution in [3.05, 3.63) is 30.3 Å². The first-order valence-corrected chi connectivity index (χ1v) is 7.25. The fourth-order valence-corrected chi connectivity index (χ4v) is 3.43. The SMILES string of the molecule is CCOC1CCC(S(=O)(=O)c2ccccc2)O1. The van der Waals surface area contributed by atoms with Crippen molar-refractivity contribution in [1.82, 2.24) is 0 Å². The minimum atomic E-state index is -3.39. The lowest BCUT2D eigenvalue weighted by Crippen LogP contribution is -2.22. The number of hydrogen-bond acceptors (Lipinski definition) is 4. The fourth-order valence-electron chi connectivity index (χ4n) is 1.88. The third kappa shape index (κ3) is 2.68. The molecule has 2 atom stereocenters. The predicted molar refractivity (Wildman–Crippen MR) is 63.1 cm³/mol. The largest absolute Gasteiger partial charge is 0.353 e. The quantitative estimate of drug-likeness (QED) is 0.826. The maximum absolute atomic E-state index is 12.2. The maximum Gasteiger partial charge on any atom is 0.205 e. The zero-order chi connectivity index (χ0) is 12.3. The molecular formula is C12H16O4S. The Balaban J connectivity index is 2.13. The van der Waals surface area contributed by atoms with Crippen LogP contribution >= 0.6 is 0 Å². The van der Waals surface area contributed by atoms with Crippen molar-refractivity contribution in [2.45, 2.75) is 36.4 Å². The predicted octanol–water partition coefficient (Wildman–Crippen LogP) is 1.96. The van der Waals surface area contributed by atoms with Gasteiger partial charge in [0.15, 0.2) is 11.7 Å². The maximum atomic E-state index is 12.2. The molecule has 4 nitrogen and oxygen atoms in total. The van der Waals surface area contributed by atoms with Crippen LogP contribution in [0.3, 0.4) is 0 Å². The highest BCUT2D eigenvalue weighted by Crippen LogP contribution is 2.28. The molecule has 1 fully saturated rings. The first-order valence-electron chi connectivity index (χ1n) is 5.70. The Morgan fingerprint density at radius 1 is 1.29 bits per heavy atom. The van der Waals surface area contributed by atoms with Gasteiger partial charge in [-0.25, -0.2) is 8.42 Å². The summed E-state index contributed by atoms with van der Waals surface area (Å²) >= 11 is 0. The van der Waals surface area contributed by atoms with Crippen molar-refractivity contribution in [3.8, 4) is 0 Å². The van der Waals surface area contributed by atoms with E-state index in [1.807, 2.05) is 6.92 Å². The molecule has 1 aliphatic rings. The fraction of sp³-hybridized carbons (Fsp3) is 0.500. The van der Waals surface area contributed by atoms with Crippen molar-refractivity contribution in [2.75, 3.05) is 6.61 Å². The van der Waals surface area contributed by atoms with E-state index in [2.05, 4.69) is 0 Å². The van der Waals surface area contributed by atoms with Crippen LogP contribution in [0.4, 0.5) is 0 Å². The van der Waals surface area contributed by atoms with Gasteiger partial charge in [0, 0.05) is 13.0 Å². The van der Waals surface area contributed by atoms with Crippen LogP contribution in [-0.4, -0.2) is 26.8 Å². The molecule has 0 spiro atoms. The van der Waals surface area contributed by atoms with Crippen LogP contribution in [0.15, 0.2) is 35.2 Å². The lowest BCUT2D eigenvalue weighted by Gasteiger charge is -2.14. The van der Waals surface area contributed by atoms with Crippen molar-refractivity contribution in [1.29, 1.82) is 0 Å². The Morgan fingerprint density at radius 2 is 2.00 bits per heavy atom. The van der Waals surface area contributed by atoms with E-state index < -0.39 is 15.3 Å². The van der Waals surface area contributed by atoms with Gasteiger partial charge in [0.25, 0.3) is 0 Å². The summed E-state index contributed by atoms with van der Waals surface area (Å²) in [7, 11) is -3.39.